The molecule has 2 N–H and O–H groups in total. The van der Waals surface area contributed by atoms with Crippen molar-refractivity contribution in [2.24, 2.45) is 35.5 Å². The molecule has 1 aromatic rings. The largest absolute Gasteiger partial charge is 0.393 e. The second kappa shape index (κ2) is 20.3. The molecule has 0 amide bonds. The van der Waals surface area contributed by atoms with Crippen LogP contribution in [-0.2, 0) is 20.8 Å². The van der Waals surface area contributed by atoms with E-state index in [0.29, 0.717) is 74.4 Å². The lowest BCUT2D eigenvalue weighted by molar-refractivity contribution is -0.185. The maximum atomic E-state index is 11.9. The summed E-state index contributed by atoms with van der Waals surface area (Å²) in [5, 5.41) is 22.7. The van der Waals surface area contributed by atoms with Crippen LogP contribution in [0, 0.1) is 35.5 Å². The van der Waals surface area contributed by atoms with Crippen LogP contribution in [0.15, 0.2) is 68.3 Å². The number of rotatable bonds is 22. The normalized spacial score (nSPS) is 30.1. The number of hydrogen-bond donors (Lipinski definition) is 2. The van der Waals surface area contributed by atoms with E-state index in [-0.39, 0.29) is 23.4 Å². The third-order valence-electron chi connectivity index (χ3n) is 11.6. The van der Waals surface area contributed by atoms with Crippen LogP contribution in [0.4, 0.5) is 0 Å². The van der Waals surface area contributed by atoms with E-state index in [9.17, 15) is 10.2 Å². The molecule has 0 aromatic heterocycles. The molecule has 2 saturated carbocycles. The SMILES string of the molecule is C=CC[C@]1(O[C@H](CCOCc2ccccc2)C[C@@H](O)C[C@H](C[C@@H](O)C=C)O[C@@]2(CC=C)C[C@H](C)CC[C@H]2C(C)C)C[C@H](C)CC[C@H]1C(C)C. The van der Waals surface area contributed by atoms with Crippen molar-refractivity contribution in [3.05, 3.63) is 73.9 Å². The number of ether oxygens (including phenoxy) is 3. The average molecular weight is 681 g/mol. The summed E-state index contributed by atoms with van der Waals surface area (Å²) >= 11 is 0. The predicted octanol–water partition coefficient (Wildman–Crippen LogP) is 10.3. The van der Waals surface area contributed by atoms with Crippen LogP contribution >= 0.6 is 0 Å². The minimum Gasteiger partial charge on any atom is -0.393 e. The smallest absolute Gasteiger partial charge is 0.0753 e. The fraction of sp³-hybridized carbons (Fsp3) is 0.727. The maximum absolute atomic E-state index is 11.9. The van der Waals surface area contributed by atoms with Gasteiger partial charge >= 0.3 is 0 Å². The third-order valence-corrected chi connectivity index (χ3v) is 11.6. The molecule has 0 spiro atoms. The molecule has 10 atom stereocenters. The van der Waals surface area contributed by atoms with Crippen LogP contribution in [0.5, 0.6) is 0 Å². The Labute approximate surface area is 300 Å². The van der Waals surface area contributed by atoms with Crippen LogP contribution in [0.25, 0.3) is 0 Å². The van der Waals surface area contributed by atoms with Crippen LogP contribution in [-0.4, -0.2) is 52.4 Å². The predicted molar refractivity (Wildman–Crippen MR) is 204 cm³/mol. The van der Waals surface area contributed by atoms with Crippen molar-refractivity contribution in [3.8, 4) is 0 Å². The van der Waals surface area contributed by atoms with E-state index >= 15 is 0 Å². The highest BCUT2D eigenvalue weighted by Crippen LogP contribution is 2.48. The van der Waals surface area contributed by atoms with E-state index in [4.69, 9.17) is 14.2 Å². The van der Waals surface area contributed by atoms with E-state index < -0.39 is 12.2 Å². The van der Waals surface area contributed by atoms with Gasteiger partial charge in [-0.1, -0.05) is 103 Å². The lowest BCUT2D eigenvalue weighted by atomic mass is 9.65. The zero-order chi connectivity index (χ0) is 36.0. The summed E-state index contributed by atoms with van der Waals surface area (Å²) in [6.07, 6.45) is 13.9. The molecule has 2 aliphatic rings. The van der Waals surface area contributed by atoms with Gasteiger partial charge in [-0.25, -0.2) is 0 Å². The van der Waals surface area contributed by atoms with Crippen molar-refractivity contribution in [1.29, 1.82) is 0 Å². The second-order valence-electron chi connectivity index (χ2n) is 16.6. The van der Waals surface area contributed by atoms with E-state index in [2.05, 4.69) is 73.4 Å². The van der Waals surface area contributed by atoms with Gasteiger partial charge < -0.3 is 24.4 Å². The molecule has 0 bridgehead atoms. The first-order valence-electron chi connectivity index (χ1n) is 19.5. The Morgan fingerprint density at radius 2 is 1.27 bits per heavy atom. The first-order valence-corrected chi connectivity index (χ1v) is 19.5. The minimum absolute atomic E-state index is 0.192. The Bertz CT molecular complexity index is 1100. The molecule has 0 heterocycles. The van der Waals surface area contributed by atoms with Gasteiger partial charge in [-0.3, -0.25) is 0 Å². The Kier molecular flexibility index (Phi) is 17.3. The summed E-state index contributed by atoms with van der Waals surface area (Å²) in [6, 6.07) is 10.3. The fourth-order valence-electron chi connectivity index (χ4n) is 9.48. The molecular weight excluding hydrogens is 608 g/mol. The van der Waals surface area contributed by atoms with Crippen LogP contribution in [0.1, 0.15) is 124 Å². The topological polar surface area (TPSA) is 68.2 Å². The summed E-state index contributed by atoms with van der Waals surface area (Å²) in [4.78, 5) is 0. The molecular formula is C44H72O5. The molecule has 1 aromatic carbocycles. The van der Waals surface area contributed by atoms with Gasteiger partial charge in [0.2, 0.25) is 0 Å². The van der Waals surface area contributed by atoms with Crippen molar-refractivity contribution in [2.45, 2.75) is 161 Å². The summed E-state index contributed by atoms with van der Waals surface area (Å²) in [6.45, 7) is 27.1. The van der Waals surface area contributed by atoms with Crippen molar-refractivity contribution in [3.63, 3.8) is 0 Å². The van der Waals surface area contributed by atoms with Gasteiger partial charge in [-0.2, -0.15) is 0 Å². The van der Waals surface area contributed by atoms with Crippen molar-refractivity contribution in [1.82, 2.24) is 0 Å². The summed E-state index contributed by atoms with van der Waals surface area (Å²) in [5.74, 6) is 2.87. The molecule has 278 valence electrons. The summed E-state index contributed by atoms with van der Waals surface area (Å²) in [5.41, 5.74) is 0.468. The molecule has 5 nitrogen and oxygen atoms in total. The average Bonchev–Trinajstić information content (AvgIpc) is 3.03. The van der Waals surface area contributed by atoms with Gasteiger partial charge in [-0.15, -0.1) is 19.7 Å². The van der Waals surface area contributed by atoms with Crippen LogP contribution < -0.4 is 0 Å². The van der Waals surface area contributed by atoms with Crippen molar-refractivity contribution < 1.29 is 24.4 Å². The first-order chi connectivity index (χ1) is 23.4. The molecule has 0 aliphatic heterocycles. The number of aliphatic hydroxyl groups is 2. The van der Waals surface area contributed by atoms with Gasteiger partial charge in [0.05, 0.1) is 42.2 Å². The zero-order valence-corrected chi connectivity index (χ0v) is 32.0. The van der Waals surface area contributed by atoms with Gasteiger partial charge in [0.15, 0.2) is 0 Å². The highest BCUT2D eigenvalue weighted by molar-refractivity contribution is 5.13. The Balaban J connectivity index is 1.86. The highest BCUT2D eigenvalue weighted by Gasteiger charge is 2.47. The lowest BCUT2D eigenvalue weighted by Crippen LogP contribution is -2.51. The van der Waals surface area contributed by atoms with Crippen LogP contribution in [0.3, 0.4) is 0 Å². The van der Waals surface area contributed by atoms with Crippen molar-refractivity contribution >= 4 is 0 Å². The molecule has 3 rings (SSSR count). The maximum Gasteiger partial charge on any atom is 0.0753 e. The summed E-state index contributed by atoms with van der Waals surface area (Å²) in [7, 11) is 0. The lowest BCUT2D eigenvalue weighted by Gasteiger charge is -2.50. The zero-order valence-electron chi connectivity index (χ0n) is 32.0. The van der Waals surface area contributed by atoms with Gasteiger partial charge in [0.1, 0.15) is 0 Å². The van der Waals surface area contributed by atoms with E-state index in [1.807, 2.05) is 30.4 Å². The fourth-order valence-corrected chi connectivity index (χ4v) is 9.48. The number of benzene rings is 1. The monoisotopic (exact) mass is 681 g/mol. The van der Waals surface area contributed by atoms with Crippen molar-refractivity contribution in [2.75, 3.05) is 6.61 Å². The molecule has 2 fully saturated rings. The molecule has 0 radical (unpaired) electrons. The van der Waals surface area contributed by atoms with E-state index in [1.54, 1.807) is 6.08 Å². The molecule has 0 unspecified atom stereocenters. The Morgan fingerprint density at radius 3 is 1.76 bits per heavy atom. The molecule has 2 aliphatic carbocycles. The first kappa shape index (κ1) is 41.7. The third kappa shape index (κ3) is 12.5. The van der Waals surface area contributed by atoms with Gasteiger partial charge in [0, 0.05) is 13.0 Å². The van der Waals surface area contributed by atoms with Gasteiger partial charge in [-0.05, 0) is 98.9 Å². The van der Waals surface area contributed by atoms with Gasteiger partial charge in [0.25, 0.3) is 0 Å². The molecule has 5 heteroatoms. The van der Waals surface area contributed by atoms with Crippen LogP contribution in [0.2, 0.25) is 0 Å². The molecule has 0 saturated heterocycles. The minimum atomic E-state index is -0.707. The number of hydrogen-bond acceptors (Lipinski definition) is 5. The Morgan fingerprint density at radius 1 is 0.755 bits per heavy atom. The standard InChI is InChI=1S/C44H72O5/c1-10-23-43(29-34(8)18-20-41(43)32(4)5)48-39(22-25-47-31-36-16-14-13-15-17-36)27-38(46)28-40(26-37(45)12-3)49-44(24-11-2)30-35(9)19-21-42(44)33(6)7/h10-17,32-35,37-42,45-46H,1-3,18-31H2,4-9H3/t34-,35-,37+,38-,39-,40+,41+,42+,43+,44+/m1/s1. The number of aliphatic hydroxyl groups excluding tert-OH is 2. The Hall–Kier alpha value is -1.76. The highest BCUT2D eigenvalue weighted by atomic mass is 16.5. The van der Waals surface area contributed by atoms with E-state index in [0.717, 1.165) is 44.1 Å². The second-order valence-corrected chi connectivity index (χ2v) is 16.6. The summed E-state index contributed by atoms with van der Waals surface area (Å²) < 4.78 is 20.7. The quantitative estimate of drug-likeness (QED) is 0.0943. The van der Waals surface area contributed by atoms with E-state index in [1.165, 1.54) is 12.8 Å². The molecule has 49 heavy (non-hydrogen) atoms.